The number of benzene rings is 2. The van der Waals surface area contributed by atoms with Crippen LogP contribution in [0.1, 0.15) is 29.1 Å². The van der Waals surface area contributed by atoms with Gasteiger partial charge in [-0.15, -0.1) is 0 Å². The first-order valence-corrected chi connectivity index (χ1v) is 8.11. The average molecular weight is 360 g/mol. The third kappa shape index (κ3) is 3.56. The first-order chi connectivity index (χ1) is 12.0. The number of hydrogen-bond acceptors (Lipinski definition) is 4. The zero-order valence-corrected chi connectivity index (χ0v) is 14.9. The Labute approximate surface area is 150 Å². The highest BCUT2D eigenvalue weighted by atomic mass is 35.5. The van der Waals surface area contributed by atoms with Gasteiger partial charge in [-0.05, 0) is 49.4 Å². The molecule has 3 aromatic rings. The number of fused-ring (bicyclic) bond motifs is 1. The number of methoxy groups -OCH3 is 2. The van der Waals surface area contributed by atoms with Crippen molar-refractivity contribution < 1.29 is 18.7 Å². The number of halogens is 1. The topological polar surface area (TPSA) is 60.7 Å². The van der Waals surface area contributed by atoms with Crippen molar-refractivity contribution in [2.24, 2.45) is 0 Å². The Morgan fingerprint density at radius 1 is 1.12 bits per heavy atom. The molecule has 0 saturated heterocycles. The molecule has 0 bridgehead atoms. The highest BCUT2D eigenvalue weighted by Crippen LogP contribution is 2.30. The normalized spacial score (nSPS) is 12.0. The van der Waals surface area contributed by atoms with E-state index in [0.29, 0.717) is 22.1 Å². The lowest BCUT2D eigenvalue weighted by Gasteiger charge is -2.17. The Kier molecular flexibility index (Phi) is 4.86. The molecule has 0 aliphatic rings. The van der Waals surface area contributed by atoms with Crippen molar-refractivity contribution in [3.63, 3.8) is 0 Å². The molecule has 3 rings (SSSR count). The van der Waals surface area contributed by atoms with E-state index in [1.165, 1.54) is 0 Å². The summed E-state index contributed by atoms with van der Waals surface area (Å²) in [6.45, 7) is 1.87. The fourth-order valence-corrected chi connectivity index (χ4v) is 2.83. The summed E-state index contributed by atoms with van der Waals surface area (Å²) in [6.07, 6.45) is 0. The second-order valence-corrected chi connectivity index (χ2v) is 6.03. The predicted molar refractivity (Wildman–Crippen MR) is 96.7 cm³/mol. The van der Waals surface area contributed by atoms with Gasteiger partial charge in [-0.2, -0.15) is 0 Å². The number of carbonyl (C=O) groups excluding carboxylic acids is 1. The van der Waals surface area contributed by atoms with Crippen LogP contribution in [-0.4, -0.2) is 20.1 Å². The summed E-state index contributed by atoms with van der Waals surface area (Å²) in [5.41, 5.74) is 1.43. The van der Waals surface area contributed by atoms with E-state index in [4.69, 9.17) is 25.5 Å². The van der Waals surface area contributed by atoms with Gasteiger partial charge in [0, 0.05) is 16.0 Å². The van der Waals surface area contributed by atoms with E-state index < -0.39 is 0 Å². The zero-order valence-electron chi connectivity index (χ0n) is 14.1. The average Bonchev–Trinajstić information content (AvgIpc) is 3.04. The van der Waals surface area contributed by atoms with Gasteiger partial charge in [-0.25, -0.2) is 0 Å². The van der Waals surface area contributed by atoms with Crippen LogP contribution in [0.5, 0.6) is 11.5 Å². The maximum absolute atomic E-state index is 12.5. The number of hydrogen-bond donors (Lipinski definition) is 1. The van der Waals surface area contributed by atoms with E-state index in [-0.39, 0.29) is 17.7 Å². The minimum absolute atomic E-state index is 0.228. The van der Waals surface area contributed by atoms with Crippen molar-refractivity contribution in [2.45, 2.75) is 13.0 Å². The van der Waals surface area contributed by atoms with E-state index in [0.717, 1.165) is 10.9 Å². The maximum atomic E-state index is 12.5. The van der Waals surface area contributed by atoms with Gasteiger partial charge in [0.05, 0.1) is 20.3 Å². The Morgan fingerprint density at radius 3 is 2.64 bits per heavy atom. The molecule has 0 saturated carbocycles. The van der Waals surface area contributed by atoms with Crippen LogP contribution in [0.15, 0.2) is 46.9 Å². The van der Waals surface area contributed by atoms with Crippen LogP contribution in [-0.2, 0) is 0 Å². The lowest BCUT2D eigenvalue weighted by molar-refractivity contribution is 0.0913. The zero-order chi connectivity index (χ0) is 18.0. The molecular formula is C19H18ClNO4. The highest BCUT2D eigenvalue weighted by molar-refractivity contribution is 6.31. The molecule has 1 amide bonds. The lowest BCUT2D eigenvalue weighted by atomic mass is 10.1. The second-order valence-electron chi connectivity index (χ2n) is 5.60. The molecule has 0 unspecified atom stereocenters. The van der Waals surface area contributed by atoms with Crippen molar-refractivity contribution in [3.05, 3.63) is 58.8 Å². The van der Waals surface area contributed by atoms with Crippen molar-refractivity contribution in [3.8, 4) is 11.5 Å². The number of carbonyl (C=O) groups is 1. The molecule has 0 fully saturated rings. The molecule has 25 heavy (non-hydrogen) atoms. The van der Waals surface area contributed by atoms with Crippen molar-refractivity contribution in [1.82, 2.24) is 5.32 Å². The Hall–Kier alpha value is -2.66. The number of nitrogens with one attached hydrogen (secondary N) is 1. The summed E-state index contributed by atoms with van der Waals surface area (Å²) >= 11 is 5.97. The number of rotatable bonds is 5. The molecule has 6 heteroatoms. The summed E-state index contributed by atoms with van der Waals surface area (Å²) in [7, 11) is 3.18. The van der Waals surface area contributed by atoms with Crippen LogP contribution in [0.4, 0.5) is 0 Å². The predicted octanol–water partition coefficient (Wildman–Crippen LogP) is 4.59. The third-order valence-corrected chi connectivity index (χ3v) is 4.19. The van der Waals surface area contributed by atoms with E-state index >= 15 is 0 Å². The largest absolute Gasteiger partial charge is 0.497 e. The van der Waals surface area contributed by atoms with Crippen LogP contribution >= 0.6 is 11.6 Å². The molecule has 0 radical (unpaired) electrons. The van der Waals surface area contributed by atoms with Crippen molar-refractivity contribution >= 4 is 28.5 Å². The van der Waals surface area contributed by atoms with Crippen LogP contribution in [0.25, 0.3) is 11.0 Å². The SMILES string of the molecule is COc1ccc(OC)c([C@H](C)NC(=O)c2cc3cc(Cl)ccc3o2)c1. The molecule has 0 spiro atoms. The summed E-state index contributed by atoms with van der Waals surface area (Å²) in [4.78, 5) is 12.5. The monoisotopic (exact) mass is 359 g/mol. The van der Waals surface area contributed by atoms with E-state index in [1.807, 2.05) is 13.0 Å². The second kappa shape index (κ2) is 7.07. The van der Waals surface area contributed by atoms with Crippen LogP contribution in [0.3, 0.4) is 0 Å². The Bertz CT molecular complexity index is 919. The molecule has 1 aromatic heterocycles. The summed E-state index contributed by atoms with van der Waals surface area (Å²) in [5, 5.41) is 4.29. The fraction of sp³-hybridized carbons (Fsp3) is 0.211. The van der Waals surface area contributed by atoms with Crippen LogP contribution < -0.4 is 14.8 Å². The molecule has 1 N–H and O–H groups in total. The summed E-state index contributed by atoms with van der Waals surface area (Å²) in [6, 6.07) is 12.0. The van der Waals surface area contributed by atoms with Gasteiger partial charge in [0.25, 0.3) is 5.91 Å². The van der Waals surface area contributed by atoms with E-state index in [2.05, 4.69) is 5.32 Å². The van der Waals surface area contributed by atoms with Gasteiger partial charge in [0.2, 0.25) is 0 Å². The van der Waals surface area contributed by atoms with Gasteiger partial charge in [-0.1, -0.05) is 11.6 Å². The van der Waals surface area contributed by atoms with Crippen LogP contribution in [0.2, 0.25) is 5.02 Å². The van der Waals surface area contributed by atoms with E-state index in [1.54, 1.807) is 50.6 Å². The number of furan rings is 1. The minimum atomic E-state index is -0.315. The van der Waals surface area contributed by atoms with Crippen molar-refractivity contribution in [2.75, 3.05) is 14.2 Å². The highest BCUT2D eigenvalue weighted by Gasteiger charge is 2.19. The Balaban J connectivity index is 1.84. The first-order valence-electron chi connectivity index (χ1n) is 7.73. The standard InChI is InChI=1S/C19H18ClNO4/c1-11(15-10-14(23-2)5-7-17(15)24-3)21-19(22)18-9-12-8-13(20)4-6-16(12)25-18/h4-11H,1-3H3,(H,21,22)/t11-/m0/s1. The lowest BCUT2D eigenvalue weighted by Crippen LogP contribution is -2.26. The molecule has 0 aliphatic carbocycles. The van der Waals surface area contributed by atoms with Gasteiger partial charge in [-0.3, -0.25) is 4.79 Å². The smallest absolute Gasteiger partial charge is 0.287 e. The van der Waals surface area contributed by atoms with Crippen molar-refractivity contribution in [1.29, 1.82) is 0 Å². The molecular weight excluding hydrogens is 342 g/mol. The Morgan fingerprint density at radius 2 is 1.92 bits per heavy atom. The fourth-order valence-electron chi connectivity index (χ4n) is 2.65. The van der Waals surface area contributed by atoms with Gasteiger partial charge >= 0.3 is 0 Å². The summed E-state index contributed by atoms with van der Waals surface area (Å²) in [5.74, 6) is 1.27. The van der Waals surface area contributed by atoms with Gasteiger partial charge in [0.15, 0.2) is 5.76 Å². The van der Waals surface area contributed by atoms with E-state index in [9.17, 15) is 4.79 Å². The molecule has 0 aliphatic heterocycles. The third-order valence-electron chi connectivity index (χ3n) is 3.95. The first kappa shape index (κ1) is 17.2. The van der Waals surface area contributed by atoms with Gasteiger partial charge in [0.1, 0.15) is 17.1 Å². The molecule has 1 heterocycles. The number of amides is 1. The number of ether oxygens (including phenoxy) is 2. The maximum Gasteiger partial charge on any atom is 0.287 e. The molecule has 2 aromatic carbocycles. The quantitative estimate of drug-likeness (QED) is 0.723. The van der Waals surface area contributed by atoms with Gasteiger partial charge < -0.3 is 19.2 Å². The molecule has 130 valence electrons. The summed E-state index contributed by atoms with van der Waals surface area (Å²) < 4.78 is 16.2. The molecule has 5 nitrogen and oxygen atoms in total. The van der Waals surface area contributed by atoms with Crippen LogP contribution in [0, 0.1) is 0 Å². The minimum Gasteiger partial charge on any atom is -0.497 e. The molecule has 1 atom stereocenters.